The minimum absolute atomic E-state index is 0.0149. The first kappa shape index (κ1) is 43.1. The molecule has 4 atom stereocenters. The average Bonchev–Trinajstić information content (AvgIpc) is 2.90. The Labute approximate surface area is 284 Å². The van der Waals surface area contributed by atoms with Crippen molar-refractivity contribution in [2.75, 3.05) is 6.61 Å². The summed E-state index contributed by atoms with van der Waals surface area (Å²) in [5.41, 5.74) is -19.9. The van der Waals surface area contributed by atoms with Crippen molar-refractivity contribution in [3.8, 4) is 0 Å². The van der Waals surface area contributed by atoms with Crippen LogP contribution in [-0.2, 0) is 28.5 Å². The van der Waals surface area contributed by atoms with E-state index in [4.69, 9.17) is 18.9 Å². The van der Waals surface area contributed by atoms with Crippen molar-refractivity contribution in [1.82, 2.24) is 0 Å². The maximum absolute atomic E-state index is 13.8. The Kier molecular flexibility index (Phi) is 10.7. The molecular weight excluding hydrogens is 728 g/mol. The fourth-order valence-corrected chi connectivity index (χ4v) is 8.81. The lowest BCUT2D eigenvalue weighted by molar-refractivity contribution is -0.409. The van der Waals surface area contributed by atoms with Gasteiger partial charge >= 0.3 is 36.6 Å². The number of hydrogen-bond acceptors (Lipinski definition) is 8. The van der Waals surface area contributed by atoms with Crippen LogP contribution in [-0.4, -0.2) is 93.7 Å². The van der Waals surface area contributed by atoms with Crippen LogP contribution >= 0.6 is 0 Å². The van der Waals surface area contributed by atoms with E-state index in [-0.39, 0.29) is 38.5 Å². The first-order chi connectivity index (χ1) is 22.5. The van der Waals surface area contributed by atoms with Crippen LogP contribution in [0.4, 0.5) is 52.7 Å². The molecule has 4 rings (SSSR count). The number of esters is 2. The van der Waals surface area contributed by atoms with Gasteiger partial charge in [-0.3, -0.25) is 0 Å². The van der Waals surface area contributed by atoms with Crippen LogP contribution in [0.2, 0.25) is 0 Å². The summed E-state index contributed by atoms with van der Waals surface area (Å²) in [6.45, 7) is 7.30. The molecule has 0 aliphatic heterocycles. The highest BCUT2D eigenvalue weighted by molar-refractivity contribution is 5.83. The second-order valence-electron chi connectivity index (χ2n) is 15.1. The van der Waals surface area contributed by atoms with E-state index in [1.54, 1.807) is 0 Å². The molecule has 0 aromatic carbocycles. The van der Waals surface area contributed by atoms with Crippen molar-refractivity contribution in [3.05, 3.63) is 12.7 Å². The topological polar surface area (TPSA) is 112 Å². The van der Waals surface area contributed by atoms with Crippen LogP contribution < -0.4 is 0 Å². The fraction of sp³-hybridized carbons (Fsp3) is 0.871. The molecule has 0 aromatic rings. The molecule has 4 aliphatic carbocycles. The number of aliphatic hydroxyl groups is 2. The van der Waals surface area contributed by atoms with Gasteiger partial charge in [-0.1, -0.05) is 6.58 Å². The molecule has 4 aliphatic rings. The molecule has 0 spiro atoms. The van der Waals surface area contributed by atoms with E-state index in [1.807, 2.05) is 0 Å². The Morgan fingerprint density at radius 3 is 1.37 bits per heavy atom. The van der Waals surface area contributed by atoms with E-state index < -0.39 is 100 Å². The lowest BCUT2D eigenvalue weighted by atomic mass is 9.37. The molecular formula is C31H40F12O8. The van der Waals surface area contributed by atoms with Crippen molar-refractivity contribution in [2.24, 2.45) is 16.7 Å². The third-order valence-corrected chi connectivity index (χ3v) is 11.2. The molecule has 4 saturated carbocycles. The zero-order valence-corrected chi connectivity index (χ0v) is 28.3. The van der Waals surface area contributed by atoms with Gasteiger partial charge in [-0.15, -0.1) is 0 Å². The molecule has 8 nitrogen and oxygen atoms in total. The van der Waals surface area contributed by atoms with Gasteiger partial charge in [0.15, 0.2) is 6.61 Å². The van der Waals surface area contributed by atoms with Crippen LogP contribution in [0, 0.1) is 16.7 Å². The van der Waals surface area contributed by atoms with Gasteiger partial charge in [-0.2, -0.15) is 52.7 Å². The number of hydrogen-bond donors (Lipinski definition) is 2. The smallest absolute Gasteiger partial charge is 0.428 e. The van der Waals surface area contributed by atoms with Crippen LogP contribution in [0.15, 0.2) is 12.7 Å². The summed E-state index contributed by atoms with van der Waals surface area (Å²) in [6, 6.07) is 0. The normalized spacial score (nSPS) is 29.1. The van der Waals surface area contributed by atoms with Gasteiger partial charge in [-0.25, -0.2) is 9.59 Å². The molecule has 2 N–H and O–H groups in total. The number of carbonyl (C=O) groups excluding carboxylic acids is 2. The number of carbonyl (C=O) groups is 2. The van der Waals surface area contributed by atoms with Crippen molar-refractivity contribution >= 4 is 11.9 Å². The molecule has 51 heavy (non-hydrogen) atoms. The quantitative estimate of drug-likeness (QED) is 0.124. The van der Waals surface area contributed by atoms with Gasteiger partial charge in [0.1, 0.15) is 17.8 Å². The third-order valence-electron chi connectivity index (χ3n) is 11.2. The zero-order valence-electron chi connectivity index (χ0n) is 28.3. The lowest BCUT2D eigenvalue weighted by Gasteiger charge is -2.72. The molecule has 0 saturated heterocycles. The summed E-state index contributed by atoms with van der Waals surface area (Å²) in [5, 5.41) is 20.1. The second-order valence-corrected chi connectivity index (χ2v) is 15.1. The number of halogens is 12. The molecule has 20 heteroatoms. The van der Waals surface area contributed by atoms with Gasteiger partial charge < -0.3 is 29.2 Å². The molecule has 0 aromatic heterocycles. The Morgan fingerprint density at radius 1 is 0.706 bits per heavy atom. The van der Waals surface area contributed by atoms with Gasteiger partial charge in [-0.05, 0) is 86.0 Å². The maximum Gasteiger partial charge on any atom is 0.428 e. The van der Waals surface area contributed by atoms with E-state index >= 15 is 0 Å². The number of alkyl halides is 12. The number of ether oxygens (including phenoxy) is 4. The Morgan fingerprint density at radius 2 is 1.06 bits per heavy atom. The summed E-state index contributed by atoms with van der Waals surface area (Å²) < 4.78 is 187. The average molecular weight is 769 g/mol. The van der Waals surface area contributed by atoms with Crippen molar-refractivity contribution in [1.29, 1.82) is 0 Å². The molecule has 296 valence electrons. The summed E-state index contributed by atoms with van der Waals surface area (Å²) in [5.74, 6) is -2.89. The first-order valence-corrected chi connectivity index (χ1v) is 15.6. The minimum Gasteiger partial charge on any atom is -0.456 e. The minimum atomic E-state index is -6.29. The zero-order chi connectivity index (χ0) is 39.9. The SMILES string of the molecule is C=CC(=O)OCC(=O)OC12CC3CC(C(C)(C)OC(C)C(O)(C(F)(F)F)C(F)(F)F)(C1)CC(C(C)(C)OC(C)C(O)(C(F)(F)F)C(F)(F)F)(C3)C2. The molecule has 4 unspecified atom stereocenters. The van der Waals surface area contributed by atoms with Gasteiger partial charge in [0.2, 0.25) is 0 Å². The molecule has 4 fully saturated rings. The maximum atomic E-state index is 13.8. The van der Waals surface area contributed by atoms with E-state index in [0.717, 1.165) is 33.8 Å². The molecule has 0 heterocycles. The van der Waals surface area contributed by atoms with Crippen LogP contribution in [0.5, 0.6) is 0 Å². The number of rotatable bonds is 12. The largest absolute Gasteiger partial charge is 0.456 e. The van der Waals surface area contributed by atoms with E-state index in [2.05, 4.69) is 6.58 Å². The fourth-order valence-electron chi connectivity index (χ4n) is 8.81. The van der Waals surface area contributed by atoms with Crippen LogP contribution in [0.3, 0.4) is 0 Å². The highest BCUT2D eigenvalue weighted by atomic mass is 19.4. The van der Waals surface area contributed by atoms with Gasteiger partial charge in [0.05, 0.1) is 11.2 Å². The Balaban J connectivity index is 2.17. The summed E-state index contributed by atoms with van der Waals surface area (Å²) in [4.78, 5) is 24.5. The van der Waals surface area contributed by atoms with Crippen LogP contribution in [0.1, 0.15) is 80.1 Å². The van der Waals surface area contributed by atoms with Gasteiger partial charge in [0.25, 0.3) is 11.2 Å². The monoisotopic (exact) mass is 768 g/mol. The van der Waals surface area contributed by atoms with E-state index in [9.17, 15) is 72.5 Å². The summed E-state index contributed by atoms with van der Waals surface area (Å²) in [7, 11) is 0. The first-order valence-electron chi connectivity index (χ1n) is 15.6. The molecule has 0 radical (unpaired) electrons. The Hall–Kier alpha value is -2.32. The lowest BCUT2D eigenvalue weighted by Crippen LogP contribution is -2.73. The van der Waals surface area contributed by atoms with E-state index in [1.165, 1.54) is 0 Å². The van der Waals surface area contributed by atoms with Crippen molar-refractivity contribution in [2.45, 2.75) is 145 Å². The second kappa shape index (κ2) is 12.6. The van der Waals surface area contributed by atoms with Gasteiger partial charge in [0, 0.05) is 16.9 Å². The van der Waals surface area contributed by atoms with Crippen molar-refractivity contribution < 1.29 is 91.4 Å². The van der Waals surface area contributed by atoms with Crippen molar-refractivity contribution in [3.63, 3.8) is 0 Å². The Bertz CT molecular complexity index is 1250. The predicted molar refractivity (Wildman–Crippen MR) is 149 cm³/mol. The molecule has 0 amide bonds. The van der Waals surface area contributed by atoms with E-state index in [0.29, 0.717) is 13.8 Å². The highest BCUT2D eigenvalue weighted by Gasteiger charge is 2.78. The highest BCUT2D eigenvalue weighted by Crippen LogP contribution is 2.74. The summed E-state index contributed by atoms with van der Waals surface area (Å²) in [6.07, 6.45) is -31.6. The molecule has 4 bridgehead atoms. The standard InChI is InChI=1S/C31H40F12O8/c1-8-19(44)48-12-20(45)51-25-11-18-9-23(14-25,21(4,5)49-16(2)26(46,28(32,33)34)29(35,36)37)13-24(10-18,15-25)22(6,7)50-17(3)27(47,30(38,39)40)31(41,42)43/h8,16-18,46-47H,1,9-15H2,2-7H3. The summed E-state index contributed by atoms with van der Waals surface area (Å²) >= 11 is 0. The predicted octanol–water partition coefficient (Wildman–Crippen LogP) is 7.05. The third kappa shape index (κ3) is 7.06. The van der Waals surface area contributed by atoms with Crippen LogP contribution in [0.25, 0.3) is 0 Å².